The molecular weight excluding hydrogens is 412 g/mol. The van der Waals surface area contributed by atoms with Crippen LogP contribution in [0.15, 0.2) is 25.3 Å². The molecule has 182 valence electrons. The minimum absolute atomic E-state index is 0.0387. The second-order valence-electron chi connectivity index (χ2n) is 8.28. The molecule has 0 aromatic rings. The summed E-state index contributed by atoms with van der Waals surface area (Å²) in [5, 5.41) is 14.5. The molecule has 2 amide bonds. The van der Waals surface area contributed by atoms with E-state index in [1.54, 1.807) is 6.08 Å². The zero-order chi connectivity index (χ0) is 23.7. The lowest BCUT2D eigenvalue weighted by atomic mass is 9.94. The van der Waals surface area contributed by atoms with Gasteiger partial charge in [-0.1, -0.05) is 25.0 Å². The fourth-order valence-electron chi connectivity index (χ4n) is 3.78. The van der Waals surface area contributed by atoms with E-state index in [1.165, 1.54) is 0 Å². The predicted octanol–water partition coefficient (Wildman–Crippen LogP) is 2.41. The number of hydrogen-bond acceptors (Lipinski definition) is 6. The summed E-state index contributed by atoms with van der Waals surface area (Å²) in [4.78, 5) is 37.3. The quantitative estimate of drug-likeness (QED) is 0.167. The number of amides is 2. The number of rotatable bonds is 18. The van der Waals surface area contributed by atoms with E-state index in [0.717, 1.165) is 44.9 Å². The molecule has 1 atom stereocenters. The summed E-state index contributed by atoms with van der Waals surface area (Å²) in [7, 11) is 0. The number of ether oxygens (including phenoxy) is 2. The highest BCUT2D eigenvalue weighted by Gasteiger charge is 2.38. The zero-order valence-corrected chi connectivity index (χ0v) is 19.2. The Balaban J connectivity index is 2.55. The molecule has 0 aliphatic heterocycles. The molecule has 0 saturated heterocycles. The molecule has 1 aliphatic rings. The first-order valence-electron chi connectivity index (χ1n) is 11.6. The number of nitrogens with one attached hydrogen (secondary N) is 2. The third-order valence-electron chi connectivity index (χ3n) is 5.56. The molecular formula is C24H40N2O6. The Kier molecular flexibility index (Phi) is 14.3. The smallest absolute Gasteiger partial charge is 0.305 e. The number of esters is 1. The summed E-state index contributed by atoms with van der Waals surface area (Å²) in [5.74, 6) is -1.26. The van der Waals surface area contributed by atoms with Crippen LogP contribution in [0.4, 0.5) is 0 Å². The highest BCUT2D eigenvalue weighted by molar-refractivity contribution is 5.86. The van der Waals surface area contributed by atoms with Crippen LogP contribution >= 0.6 is 0 Å². The largest absolute Gasteiger partial charge is 0.463 e. The zero-order valence-electron chi connectivity index (χ0n) is 19.2. The van der Waals surface area contributed by atoms with Crippen molar-refractivity contribution in [2.45, 2.75) is 69.7 Å². The number of unbranched alkanes of at least 4 members (excludes halogenated alkanes) is 2. The average molecular weight is 453 g/mol. The van der Waals surface area contributed by atoms with E-state index < -0.39 is 11.5 Å². The van der Waals surface area contributed by atoms with Crippen molar-refractivity contribution in [3.63, 3.8) is 0 Å². The minimum Gasteiger partial charge on any atom is -0.463 e. The van der Waals surface area contributed by atoms with Crippen molar-refractivity contribution in [3.05, 3.63) is 25.3 Å². The first kappa shape index (κ1) is 27.8. The molecule has 8 heteroatoms. The van der Waals surface area contributed by atoms with Gasteiger partial charge in [-0.2, -0.15) is 0 Å². The molecule has 8 nitrogen and oxygen atoms in total. The Morgan fingerprint density at radius 3 is 2.50 bits per heavy atom. The molecule has 0 aromatic carbocycles. The fourth-order valence-corrected chi connectivity index (χ4v) is 3.78. The van der Waals surface area contributed by atoms with Gasteiger partial charge in [-0.25, -0.2) is 0 Å². The second-order valence-corrected chi connectivity index (χ2v) is 8.28. The van der Waals surface area contributed by atoms with Crippen molar-refractivity contribution in [2.24, 2.45) is 5.92 Å². The third kappa shape index (κ3) is 11.4. The molecule has 0 heterocycles. The molecule has 1 unspecified atom stereocenters. The van der Waals surface area contributed by atoms with Crippen molar-refractivity contribution in [1.29, 1.82) is 0 Å². The summed E-state index contributed by atoms with van der Waals surface area (Å²) < 4.78 is 10.6. The Morgan fingerprint density at radius 1 is 1.09 bits per heavy atom. The van der Waals surface area contributed by atoms with Gasteiger partial charge in [0.2, 0.25) is 11.8 Å². The SMILES string of the molecule is C=CCCCCC(=O)OCC1(NC(=O)C(CC=C)CC(=O)NCCOCCO)CCCC1. The van der Waals surface area contributed by atoms with E-state index in [-0.39, 0.29) is 44.0 Å². The van der Waals surface area contributed by atoms with Gasteiger partial charge in [-0.05, 0) is 38.5 Å². The van der Waals surface area contributed by atoms with Crippen LogP contribution < -0.4 is 10.6 Å². The number of hydrogen-bond donors (Lipinski definition) is 3. The van der Waals surface area contributed by atoms with E-state index >= 15 is 0 Å². The van der Waals surface area contributed by atoms with Crippen LogP contribution in [0, 0.1) is 5.92 Å². The van der Waals surface area contributed by atoms with Gasteiger partial charge in [-0.3, -0.25) is 14.4 Å². The number of aliphatic hydroxyl groups is 1. The summed E-state index contributed by atoms with van der Waals surface area (Å²) >= 11 is 0. The maximum Gasteiger partial charge on any atom is 0.305 e. The van der Waals surface area contributed by atoms with Crippen LogP contribution in [0.2, 0.25) is 0 Å². The lowest BCUT2D eigenvalue weighted by molar-refractivity contribution is -0.147. The number of aliphatic hydroxyl groups excluding tert-OH is 1. The molecule has 1 aliphatic carbocycles. The van der Waals surface area contributed by atoms with Crippen molar-refractivity contribution < 1.29 is 29.0 Å². The van der Waals surface area contributed by atoms with E-state index in [0.29, 0.717) is 26.0 Å². The van der Waals surface area contributed by atoms with Crippen molar-refractivity contribution >= 4 is 17.8 Å². The Bertz CT molecular complexity index is 601. The lowest BCUT2D eigenvalue weighted by Gasteiger charge is -2.31. The van der Waals surface area contributed by atoms with Crippen LogP contribution in [0.3, 0.4) is 0 Å². The van der Waals surface area contributed by atoms with Crippen LogP contribution in [0.25, 0.3) is 0 Å². The van der Waals surface area contributed by atoms with Gasteiger partial charge in [0, 0.05) is 19.4 Å². The van der Waals surface area contributed by atoms with Gasteiger partial charge in [0.25, 0.3) is 0 Å². The second kappa shape index (κ2) is 16.4. The topological polar surface area (TPSA) is 114 Å². The molecule has 1 rings (SSSR count). The predicted molar refractivity (Wildman–Crippen MR) is 123 cm³/mol. The fraction of sp³-hybridized carbons (Fsp3) is 0.708. The van der Waals surface area contributed by atoms with Crippen molar-refractivity contribution in [3.8, 4) is 0 Å². The van der Waals surface area contributed by atoms with Gasteiger partial charge in [0.1, 0.15) is 6.61 Å². The minimum atomic E-state index is -0.568. The van der Waals surface area contributed by atoms with Gasteiger partial charge >= 0.3 is 5.97 Å². The molecule has 1 fully saturated rings. The van der Waals surface area contributed by atoms with E-state index in [4.69, 9.17) is 14.6 Å². The summed E-state index contributed by atoms with van der Waals surface area (Å²) in [6.07, 6.45) is 10.2. The van der Waals surface area contributed by atoms with Gasteiger partial charge in [0.05, 0.1) is 31.3 Å². The van der Waals surface area contributed by atoms with Crippen LogP contribution in [-0.4, -0.2) is 61.4 Å². The Hall–Kier alpha value is -2.19. The molecule has 0 aromatic heterocycles. The number of allylic oxidation sites excluding steroid dienone is 2. The van der Waals surface area contributed by atoms with Crippen molar-refractivity contribution in [2.75, 3.05) is 33.0 Å². The summed E-state index contributed by atoms with van der Waals surface area (Å²) in [6.45, 7) is 8.30. The standard InChI is InChI=1S/C24H40N2O6/c1-3-5-6-7-11-22(29)32-19-24(12-8-9-13-24)26-23(30)20(10-4-2)18-21(28)25-14-16-31-17-15-27/h3-4,20,27H,1-2,5-19H2,(H,25,28)(H,26,30). The normalized spacial score (nSPS) is 15.5. The van der Waals surface area contributed by atoms with Crippen LogP contribution in [-0.2, 0) is 23.9 Å². The van der Waals surface area contributed by atoms with Crippen molar-refractivity contribution in [1.82, 2.24) is 10.6 Å². The highest BCUT2D eigenvalue weighted by Crippen LogP contribution is 2.31. The highest BCUT2D eigenvalue weighted by atomic mass is 16.5. The maximum absolute atomic E-state index is 13.0. The summed E-state index contributed by atoms with van der Waals surface area (Å²) in [6, 6.07) is 0. The first-order valence-corrected chi connectivity index (χ1v) is 11.6. The lowest BCUT2D eigenvalue weighted by Crippen LogP contribution is -2.52. The molecule has 32 heavy (non-hydrogen) atoms. The van der Waals surface area contributed by atoms with E-state index in [2.05, 4.69) is 23.8 Å². The van der Waals surface area contributed by atoms with Gasteiger partial charge in [-0.15, -0.1) is 13.2 Å². The number of carbonyl (C=O) groups excluding carboxylic acids is 3. The molecule has 3 N–H and O–H groups in total. The average Bonchev–Trinajstić information content (AvgIpc) is 3.23. The first-order chi connectivity index (χ1) is 15.5. The molecule has 1 saturated carbocycles. The molecule has 0 spiro atoms. The Morgan fingerprint density at radius 2 is 1.84 bits per heavy atom. The van der Waals surface area contributed by atoms with E-state index in [1.807, 2.05) is 6.08 Å². The van der Waals surface area contributed by atoms with Crippen LogP contribution in [0.1, 0.15) is 64.2 Å². The molecule has 0 bridgehead atoms. The third-order valence-corrected chi connectivity index (χ3v) is 5.56. The van der Waals surface area contributed by atoms with Crippen LogP contribution in [0.5, 0.6) is 0 Å². The monoisotopic (exact) mass is 452 g/mol. The summed E-state index contributed by atoms with van der Waals surface area (Å²) in [5.41, 5.74) is -0.568. The van der Waals surface area contributed by atoms with Gasteiger partial charge < -0.3 is 25.2 Å². The molecule has 0 radical (unpaired) electrons. The maximum atomic E-state index is 13.0. The van der Waals surface area contributed by atoms with Gasteiger partial charge in [0.15, 0.2) is 0 Å². The van der Waals surface area contributed by atoms with E-state index in [9.17, 15) is 14.4 Å². The Labute approximate surface area is 191 Å². The number of carbonyl (C=O) groups is 3.